The lowest BCUT2D eigenvalue weighted by molar-refractivity contribution is 1.13. The van der Waals surface area contributed by atoms with Crippen molar-refractivity contribution in [3.63, 3.8) is 0 Å². The number of aromatic amines is 1. The molecule has 1 N–H and O–H groups in total. The van der Waals surface area contributed by atoms with Crippen molar-refractivity contribution >= 4 is 12.8 Å². The maximum absolute atomic E-state index is 4.28. The van der Waals surface area contributed by atoms with Crippen LogP contribution < -0.4 is 0 Å². The Kier molecular flexibility index (Phi) is 2.43. The fourth-order valence-electron chi connectivity index (χ4n) is 1.01. The van der Waals surface area contributed by atoms with Crippen LogP contribution in [-0.4, -0.2) is 16.7 Å². The summed E-state index contributed by atoms with van der Waals surface area (Å²) in [5.41, 5.74) is 2.89. The number of aliphatic imine (C=N–C) groups is 1. The molecule has 1 aromatic rings. The molecule has 0 spiro atoms. The molecule has 0 atom stereocenters. The summed E-state index contributed by atoms with van der Waals surface area (Å²) in [4.78, 5) is 11.2. The van der Waals surface area contributed by atoms with E-state index in [1.165, 1.54) is 0 Å². The first kappa shape index (κ1) is 8.71. The molecule has 0 saturated heterocycles. The van der Waals surface area contributed by atoms with Crippen LogP contribution in [0.1, 0.15) is 24.1 Å². The van der Waals surface area contributed by atoms with E-state index in [1.807, 2.05) is 26.8 Å². The van der Waals surface area contributed by atoms with Gasteiger partial charge in [-0.25, -0.2) is 4.98 Å². The number of rotatable bonds is 2. The molecular weight excluding hydrogens is 150 g/mol. The van der Waals surface area contributed by atoms with Crippen LogP contribution in [0.5, 0.6) is 0 Å². The molecule has 12 heavy (non-hydrogen) atoms. The monoisotopic (exact) mass is 163 g/mol. The first-order valence-corrected chi connectivity index (χ1v) is 3.81. The molecule has 0 bridgehead atoms. The van der Waals surface area contributed by atoms with Gasteiger partial charge in [-0.3, -0.25) is 4.99 Å². The Balaban J connectivity index is 3.03. The molecule has 1 aromatic heterocycles. The van der Waals surface area contributed by atoms with E-state index in [0.717, 1.165) is 22.9 Å². The zero-order valence-electron chi connectivity index (χ0n) is 7.68. The largest absolute Gasteiger partial charge is 0.346 e. The Morgan fingerprint density at radius 2 is 2.25 bits per heavy atom. The molecule has 64 valence electrons. The first-order chi connectivity index (χ1) is 5.63. The molecular formula is C9H13N3. The minimum Gasteiger partial charge on any atom is -0.346 e. The second kappa shape index (κ2) is 3.34. The van der Waals surface area contributed by atoms with Gasteiger partial charge in [-0.2, -0.15) is 0 Å². The Bertz CT molecular complexity index is 321. The van der Waals surface area contributed by atoms with E-state index < -0.39 is 0 Å². The van der Waals surface area contributed by atoms with E-state index in [2.05, 4.69) is 21.7 Å². The minimum atomic E-state index is 0.879. The van der Waals surface area contributed by atoms with Gasteiger partial charge >= 0.3 is 0 Å². The quantitative estimate of drug-likeness (QED) is 0.666. The smallest absolute Gasteiger partial charge is 0.103 e. The molecule has 1 rings (SSSR count). The van der Waals surface area contributed by atoms with Crippen molar-refractivity contribution in [1.82, 2.24) is 9.97 Å². The van der Waals surface area contributed by atoms with Crippen molar-refractivity contribution < 1.29 is 0 Å². The van der Waals surface area contributed by atoms with Gasteiger partial charge in [0, 0.05) is 11.4 Å². The summed E-state index contributed by atoms with van der Waals surface area (Å²) < 4.78 is 0. The number of hydrogen-bond acceptors (Lipinski definition) is 2. The zero-order chi connectivity index (χ0) is 9.14. The summed E-state index contributed by atoms with van der Waals surface area (Å²) in [5.74, 6) is 0.926. The average Bonchev–Trinajstić information content (AvgIpc) is 2.30. The fraction of sp³-hybridized carbons (Fsp3) is 0.333. The maximum atomic E-state index is 4.28. The lowest BCUT2D eigenvalue weighted by Crippen LogP contribution is -1.77. The predicted molar refractivity (Wildman–Crippen MR) is 51.3 cm³/mol. The molecule has 0 unspecified atom stereocenters. The number of aryl methyl sites for hydroxylation is 2. The van der Waals surface area contributed by atoms with Gasteiger partial charge in [-0.15, -0.1) is 0 Å². The summed E-state index contributed by atoms with van der Waals surface area (Å²) >= 11 is 0. The number of nitrogens with one attached hydrogen (secondary N) is 1. The molecule has 3 nitrogen and oxygen atoms in total. The molecule has 3 heteroatoms. The van der Waals surface area contributed by atoms with Gasteiger partial charge < -0.3 is 4.98 Å². The van der Waals surface area contributed by atoms with Gasteiger partial charge in [0.15, 0.2) is 0 Å². The van der Waals surface area contributed by atoms with Gasteiger partial charge in [0.25, 0.3) is 0 Å². The van der Waals surface area contributed by atoms with Gasteiger partial charge in [0.05, 0.1) is 5.69 Å². The van der Waals surface area contributed by atoms with Crippen LogP contribution in [0, 0.1) is 13.8 Å². The molecule has 0 radical (unpaired) electrons. The minimum absolute atomic E-state index is 0.879. The first-order valence-electron chi connectivity index (χ1n) is 3.81. The fourth-order valence-corrected chi connectivity index (χ4v) is 1.01. The summed E-state index contributed by atoms with van der Waals surface area (Å²) in [5, 5.41) is 0. The lowest BCUT2D eigenvalue weighted by atomic mass is 10.3. The predicted octanol–water partition coefficient (Wildman–Crippen LogP) is 2.09. The van der Waals surface area contributed by atoms with Crippen LogP contribution >= 0.6 is 0 Å². The van der Waals surface area contributed by atoms with Crippen molar-refractivity contribution in [2.75, 3.05) is 0 Å². The van der Waals surface area contributed by atoms with Crippen LogP contribution in [0.2, 0.25) is 0 Å². The van der Waals surface area contributed by atoms with Gasteiger partial charge in [-0.05, 0) is 33.6 Å². The van der Waals surface area contributed by atoms with E-state index in [-0.39, 0.29) is 0 Å². The van der Waals surface area contributed by atoms with Crippen LogP contribution in [0.25, 0.3) is 6.08 Å². The third kappa shape index (κ3) is 1.81. The average molecular weight is 163 g/mol. The third-order valence-corrected chi connectivity index (χ3v) is 1.64. The zero-order valence-corrected chi connectivity index (χ0v) is 7.68. The van der Waals surface area contributed by atoms with Crippen molar-refractivity contribution in [1.29, 1.82) is 0 Å². The third-order valence-electron chi connectivity index (χ3n) is 1.64. The number of nitrogens with zero attached hydrogens (tertiary/aromatic N) is 2. The summed E-state index contributed by atoms with van der Waals surface area (Å²) in [6.07, 6.45) is 1.91. The Morgan fingerprint density at radius 1 is 1.58 bits per heavy atom. The molecule has 0 aliphatic rings. The highest BCUT2D eigenvalue weighted by Gasteiger charge is 1.99. The highest BCUT2D eigenvalue weighted by Crippen LogP contribution is 2.09. The van der Waals surface area contributed by atoms with Crippen molar-refractivity contribution in [2.24, 2.45) is 4.99 Å². The van der Waals surface area contributed by atoms with E-state index in [1.54, 1.807) is 0 Å². The molecule has 0 fully saturated rings. The molecule has 0 aliphatic heterocycles. The second-order valence-corrected chi connectivity index (χ2v) is 2.78. The van der Waals surface area contributed by atoms with E-state index >= 15 is 0 Å². The highest BCUT2D eigenvalue weighted by molar-refractivity contribution is 5.52. The lowest BCUT2D eigenvalue weighted by Gasteiger charge is -1.89. The van der Waals surface area contributed by atoms with Crippen LogP contribution in [0.15, 0.2) is 10.7 Å². The normalized spacial score (nSPS) is 11.8. The maximum Gasteiger partial charge on any atom is 0.103 e. The topological polar surface area (TPSA) is 41.0 Å². The highest BCUT2D eigenvalue weighted by atomic mass is 14.9. The summed E-state index contributed by atoms with van der Waals surface area (Å²) in [7, 11) is 0. The molecule has 0 aromatic carbocycles. The van der Waals surface area contributed by atoms with Crippen LogP contribution in [0.4, 0.5) is 0 Å². The Hall–Kier alpha value is -1.38. The van der Waals surface area contributed by atoms with Crippen molar-refractivity contribution in [3.05, 3.63) is 22.9 Å². The Morgan fingerprint density at radius 3 is 2.67 bits per heavy atom. The summed E-state index contributed by atoms with van der Waals surface area (Å²) in [6.45, 7) is 9.26. The van der Waals surface area contributed by atoms with Crippen LogP contribution in [0.3, 0.4) is 0 Å². The number of hydrogen-bond donors (Lipinski definition) is 1. The Labute approximate surface area is 72.3 Å². The van der Waals surface area contributed by atoms with Crippen molar-refractivity contribution in [2.45, 2.75) is 20.8 Å². The summed E-state index contributed by atoms with van der Waals surface area (Å²) in [6, 6.07) is 0. The van der Waals surface area contributed by atoms with Crippen LogP contribution in [-0.2, 0) is 0 Å². The van der Waals surface area contributed by atoms with E-state index in [9.17, 15) is 0 Å². The van der Waals surface area contributed by atoms with Gasteiger partial charge in [-0.1, -0.05) is 0 Å². The van der Waals surface area contributed by atoms with Gasteiger partial charge in [0.2, 0.25) is 0 Å². The SMILES string of the molecule is C=NC(C)=Cc1nc(C)[nH]c1C. The molecule has 1 heterocycles. The van der Waals surface area contributed by atoms with Crippen molar-refractivity contribution in [3.8, 4) is 0 Å². The van der Waals surface area contributed by atoms with Gasteiger partial charge in [0.1, 0.15) is 5.82 Å². The number of aromatic nitrogens is 2. The number of H-pyrrole nitrogens is 1. The molecule has 0 amide bonds. The molecule has 0 saturated carbocycles. The standard InChI is InChI=1S/C9H13N3/c1-6(10-4)5-9-7(2)11-8(3)12-9/h5H,4H2,1-3H3,(H,11,12). The second-order valence-electron chi connectivity index (χ2n) is 2.78. The number of allylic oxidation sites excluding steroid dienone is 1. The number of imidazole rings is 1. The molecule has 0 aliphatic carbocycles. The van der Waals surface area contributed by atoms with E-state index in [0.29, 0.717) is 0 Å². The van der Waals surface area contributed by atoms with E-state index in [4.69, 9.17) is 0 Å².